The lowest BCUT2D eigenvalue weighted by Gasteiger charge is -2.07. The van der Waals surface area contributed by atoms with Crippen LogP contribution in [0, 0.1) is 0 Å². The zero-order valence-electron chi connectivity index (χ0n) is 10.1. The van der Waals surface area contributed by atoms with Crippen LogP contribution < -0.4 is 5.32 Å². The molecule has 0 saturated heterocycles. The number of aryl methyl sites for hydroxylation is 1. The number of rotatable bonds is 4. The van der Waals surface area contributed by atoms with E-state index in [4.69, 9.17) is 23.2 Å². The maximum Gasteiger partial charge on any atom is 0.224 e. The molecule has 0 aliphatic rings. The Morgan fingerprint density at radius 1 is 1.16 bits per heavy atom. The van der Waals surface area contributed by atoms with Crippen LogP contribution in [0.4, 0.5) is 5.69 Å². The molecule has 0 unspecified atom stereocenters. The Bertz CT molecular complexity index is 573. The first-order chi connectivity index (χ1) is 9.16. The SMILES string of the molecule is O=C(CCc1ccccn1)Nc1cccc(Cl)c1Cl. The summed E-state index contributed by atoms with van der Waals surface area (Å²) in [6.07, 6.45) is 2.64. The van der Waals surface area contributed by atoms with Crippen LogP contribution in [0.5, 0.6) is 0 Å². The van der Waals surface area contributed by atoms with E-state index >= 15 is 0 Å². The molecule has 3 nitrogen and oxygen atoms in total. The summed E-state index contributed by atoms with van der Waals surface area (Å²) in [7, 11) is 0. The van der Waals surface area contributed by atoms with E-state index in [1.807, 2.05) is 18.2 Å². The first kappa shape index (κ1) is 13.8. The number of nitrogens with zero attached hydrogens (tertiary/aromatic N) is 1. The van der Waals surface area contributed by atoms with Gasteiger partial charge in [0.2, 0.25) is 5.91 Å². The number of nitrogens with one attached hydrogen (secondary N) is 1. The average molecular weight is 295 g/mol. The van der Waals surface area contributed by atoms with Gasteiger partial charge in [-0.1, -0.05) is 35.3 Å². The molecule has 19 heavy (non-hydrogen) atoms. The van der Waals surface area contributed by atoms with Crippen molar-refractivity contribution in [2.75, 3.05) is 5.32 Å². The monoisotopic (exact) mass is 294 g/mol. The van der Waals surface area contributed by atoms with Crippen LogP contribution in [0.3, 0.4) is 0 Å². The predicted molar refractivity (Wildman–Crippen MR) is 77.6 cm³/mol. The van der Waals surface area contributed by atoms with Gasteiger partial charge in [-0.2, -0.15) is 0 Å². The van der Waals surface area contributed by atoms with E-state index in [0.29, 0.717) is 28.6 Å². The summed E-state index contributed by atoms with van der Waals surface area (Å²) in [5.41, 5.74) is 1.41. The molecule has 2 rings (SSSR count). The van der Waals surface area contributed by atoms with E-state index in [1.54, 1.807) is 24.4 Å². The zero-order valence-corrected chi connectivity index (χ0v) is 11.6. The molecule has 1 N–H and O–H groups in total. The van der Waals surface area contributed by atoms with Gasteiger partial charge in [-0.05, 0) is 30.7 Å². The van der Waals surface area contributed by atoms with Gasteiger partial charge in [-0.15, -0.1) is 0 Å². The lowest BCUT2D eigenvalue weighted by atomic mass is 10.2. The highest BCUT2D eigenvalue weighted by Crippen LogP contribution is 2.29. The summed E-state index contributed by atoms with van der Waals surface area (Å²) >= 11 is 11.9. The third-order valence-corrected chi connectivity index (χ3v) is 3.38. The van der Waals surface area contributed by atoms with E-state index < -0.39 is 0 Å². The number of hydrogen-bond acceptors (Lipinski definition) is 2. The van der Waals surface area contributed by atoms with Crippen LogP contribution in [0.25, 0.3) is 0 Å². The number of carbonyl (C=O) groups excluding carboxylic acids is 1. The average Bonchev–Trinajstić information content (AvgIpc) is 2.43. The summed E-state index contributed by atoms with van der Waals surface area (Å²) in [6, 6.07) is 10.8. The highest BCUT2D eigenvalue weighted by atomic mass is 35.5. The number of halogens is 2. The quantitative estimate of drug-likeness (QED) is 0.927. The van der Waals surface area contributed by atoms with Crippen LogP contribution in [-0.2, 0) is 11.2 Å². The molecule has 0 spiro atoms. The van der Waals surface area contributed by atoms with Crippen molar-refractivity contribution < 1.29 is 4.79 Å². The van der Waals surface area contributed by atoms with Gasteiger partial charge in [0, 0.05) is 18.3 Å². The Morgan fingerprint density at radius 2 is 2.00 bits per heavy atom. The standard InChI is InChI=1S/C14H12Cl2N2O/c15-11-5-3-6-12(14(11)16)18-13(19)8-7-10-4-1-2-9-17-10/h1-6,9H,7-8H2,(H,18,19). The van der Waals surface area contributed by atoms with Gasteiger partial charge in [0.15, 0.2) is 0 Å². The largest absolute Gasteiger partial charge is 0.325 e. The first-order valence-electron chi connectivity index (χ1n) is 5.80. The van der Waals surface area contributed by atoms with E-state index in [9.17, 15) is 4.79 Å². The molecule has 0 bridgehead atoms. The molecule has 0 aliphatic heterocycles. The molecule has 0 fully saturated rings. The fourth-order valence-electron chi connectivity index (χ4n) is 1.60. The lowest BCUT2D eigenvalue weighted by Crippen LogP contribution is -2.13. The highest BCUT2D eigenvalue weighted by molar-refractivity contribution is 6.43. The fourth-order valence-corrected chi connectivity index (χ4v) is 1.95. The van der Waals surface area contributed by atoms with Crippen molar-refractivity contribution in [1.29, 1.82) is 0 Å². The van der Waals surface area contributed by atoms with Gasteiger partial charge in [0.05, 0.1) is 15.7 Å². The zero-order chi connectivity index (χ0) is 13.7. The first-order valence-corrected chi connectivity index (χ1v) is 6.56. The molecule has 1 heterocycles. The predicted octanol–water partition coefficient (Wildman–Crippen LogP) is 3.96. The van der Waals surface area contributed by atoms with Crippen molar-refractivity contribution in [3.05, 3.63) is 58.3 Å². The summed E-state index contributed by atoms with van der Waals surface area (Å²) < 4.78 is 0. The molecule has 1 aromatic heterocycles. The lowest BCUT2D eigenvalue weighted by molar-refractivity contribution is -0.116. The maximum absolute atomic E-state index is 11.8. The molecule has 2 aromatic rings. The van der Waals surface area contributed by atoms with E-state index in [-0.39, 0.29) is 5.91 Å². The fraction of sp³-hybridized carbons (Fsp3) is 0.143. The molecule has 0 radical (unpaired) electrons. The number of benzene rings is 1. The van der Waals surface area contributed by atoms with Crippen LogP contribution in [0.2, 0.25) is 10.0 Å². The van der Waals surface area contributed by atoms with E-state index in [0.717, 1.165) is 5.69 Å². The third kappa shape index (κ3) is 3.94. The van der Waals surface area contributed by atoms with Gasteiger partial charge >= 0.3 is 0 Å². The molecular weight excluding hydrogens is 283 g/mol. The van der Waals surface area contributed by atoms with Crippen molar-refractivity contribution >= 4 is 34.8 Å². The minimum absolute atomic E-state index is 0.116. The van der Waals surface area contributed by atoms with Crippen LogP contribution in [0.15, 0.2) is 42.6 Å². The van der Waals surface area contributed by atoms with Gasteiger partial charge < -0.3 is 5.32 Å². The molecular formula is C14H12Cl2N2O. The third-order valence-electron chi connectivity index (χ3n) is 2.56. The Hall–Kier alpha value is -1.58. The summed E-state index contributed by atoms with van der Waals surface area (Å²) in [6.45, 7) is 0. The molecule has 0 aliphatic carbocycles. The van der Waals surface area contributed by atoms with Crippen molar-refractivity contribution in [3.63, 3.8) is 0 Å². The normalized spacial score (nSPS) is 10.2. The minimum Gasteiger partial charge on any atom is -0.325 e. The Kier molecular flexibility index (Phi) is 4.77. The molecule has 0 atom stereocenters. The van der Waals surface area contributed by atoms with Gasteiger partial charge in [-0.25, -0.2) is 0 Å². The second-order valence-electron chi connectivity index (χ2n) is 3.97. The van der Waals surface area contributed by atoms with E-state index in [1.165, 1.54) is 0 Å². The van der Waals surface area contributed by atoms with Gasteiger partial charge in [-0.3, -0.25) is 9.78 Å². The van der Waals surface area contributed by atoms with Crippen molar-refractivity contribution in [2.45, 2.75) is 12.8 Å². The Morgan fingerprint density at radius 3 is 2.74 bits per heavy atom. The molecule has 5 heteroatoms. The summed E-state index contributed by atoms with van der Waals surface area (Å²) in [4.78, 5) is 16.0. The Labute approximate surface area is 121 Å². The van der Waals surface area contributed by atoms with Crippen molar-refractivity contribution in [3.8, 4) is 0 Å². The number of amides is 1. The summed E-state index contributed by atoms with van der Waals surface area (Å²) in [5.74, 6) is -0.116. The maximum atomic E-state index is 11.8. The van der Waals surface area contributed by atoms with Crippen LogP contribution in [-0.4, -0.2) is 10.9 Å². The number of anilines is 1. The van der Waals surface area contributed by atoms with Gasteiger partial charge in [0.25, 0.3) is 0 Å². The molecule has 98 valence electrons. The second-order valence-corrected chi connectivity index (χ2v) is 4.76. The minimum atomic E-state index is -0.116. The summed E-state index contributed by atoms with van der Waals surface area (Å²) in [5, 5.41) is 3.52. The molecule has 1 aromatic carbocycles. The van der Waals surface area contributed by atoms with Crippen molar-refractivity contribution in [1.82, 2.24) is 4.98 Å². The Balaban J connectivity index is 1.93. The van der Waals surface area contributed by atoms with Gasteiger partial charge in [0.1, 0.15) is 0 Å². The highest BCUT2D eigenvalue weighted by Gasteiger charge is 2.08. The molecule has 1 amide bonds. The number of pyridine rings is 1. The topological polar surface area (TPSA) is 42.0 Å². The van der Waals surface area contributed by atoms with E-state index in [2.05, 4.69) is 10.3 Å². The molecule has 0 saturated carbocycles. The van der Waals surface area contributed by atoms with Crippen LogP contribution >= 0.6 is 23.2 Å². The number of hydrogen-bond donors (Lipinski definition) is 1. The second kappa shape index (κ2) is 6.55. The smallest absolute Gasteiger partial charge is 0.224 e. The van der Waals surface area contributed by atoms with Crippen molar-refractivity contribution in [2.24, 2.45) is 0 Å². The number of aromatic nitrogens is 1. The number of carbonyl (C=O) groups is 1. The van der Waals surface area contributed by atoms with Crippen LogP contribution in [0.1, 0.15) is 12.1 Å².